The van der Waals surface area contributed by atoms with Crippen molar-refractivity contribution in [2.24, 2.45) is 5.41 Å². The lowest BCUT2D eigenvalue weighted by molar-refractivity contribution is -0.114. The zero-order valence-corrected chi connectivity index (χ0v) is 11.1. The molecule has 3 heteroatoms. The summed E-state index contributed by atoms with van der Waals surface area (Å²) in [5, 5.41) is 7.96. The van der Waals surface area contributed by atoms with Crippen molar-refractivity contribution in [1.82, 2.24) is 5.32 Å². The zero-order valence-electron chi connectivity index (χ0n) is 10.3. The highest BCUT2D eigenvalue weighted by atomic mass is 32.1. The standard InChI is InChI=1S/C13H21NOS/c1-4-15-12-7-11(13(12,2)3)14-8-10-5-6-16-9-10/h5-6,9,11-12,14H,4,7-8H2,1-3H3. The van der Waals surface area contributed by atoms with Gasteiger partial charge in [0.25, 0.3) is 0 Å². The average molecular weight is 239 g/mol. The molecular weight excluding hydrogens is 218 g/mol. The van der Waals surface area contributed by atoms with Crippen LogP contribution < -0.4 is 5.32 Å². The Labute approximate surface area is 102 Å². The van der Waals surface area contributed by atoms with E-state index in [1.165, 1.54) is 5.56 Å². The second-order valence-corrected chi connectivity index (χ2v) is 5.85. The Morgan fingerprint density at radius 1 is 1.56 bits per heavy atom. The number of thiophene rings is 1. The lowest BCUT2D eigenvalue weighted by atomic mass is 9.64. The summed E-state index contributed by atoms with van der Waals surface area (Å²) >= 11 is 1.76. The second-order valence-electron chi connectivity index (χ2n) is 5.07. The predicted octanol–water partition coefficient (Wildman–Crippen LogP) is 3.04. The zero-order chi connectivity index (χ0) is 11.6. The van der Waals surface area contributed by atoms with Crippen molar-refractivity contribution < 1.29 is 4.74 Å². The summed E-state index contributed by atoms with van der Waals surface area (Å²) in [5.41, 5.74) is 1.66. The van der Waals surface area contributed by atoms with Gasteiger partial charge in [-0.05, 0) is 35.7 Å². The van der Waals surface area contributed by atoms with Crippen LogP contribution in [-0.2, 0) is 11.3 Å². The molecule has 90 valence electrons. The Kier molecular flexibility index (Phi) is 3.67. The van der Waals surface area contributed by atoms with Gasteiger partial charge in [0.05, 0.1) is 6.10 Å². The summed E-state index contributed by atoms with van der Waals surface area (Å²) in [7, 11) is 0. The van der Waals surface area contributed by atoms with Gasteiger partial charge >= 0.3 is 0 Å². The van der Waals surface area contributed by atoms with E-state index in [0.29, 0.717) is 12.1 Å². The van der Waals surface area contributed by atoms with Crippen LogP contribution in [0.3, 0.4) is 0 Å². The minimum atomic E-state index is 0.270. The van der Waals surface area contributed by atoms with Crippen LogP contribution in [0.15, 0.2) is 16.8 Å². The summed E-state index contributed by atoms with van der Waals surface area (Å²) in [4.78, 5) is 0. The van der Waals surface area contributed by atoms with Crippen molar-refractivity contribution in [3.8, 4) is 0 Å². The third-order valence-electron chi connectivity index (χ3n) is 3.68. The predicted molar refractivity (Wildman–Crippen MR) is 68.8 cm³/mol. The average Bonchev–Trinajstić information content (AvgIpc) is 2.75. The fourth-order valence-corrected chi connectivity index (χ4v) is 3.02. The molecule has 0 bridgehead atoms. The maximum absolute atomic E-state index is 5.72. The molecule has 1 aliphatic rings. The normalized spacial score (nSPS) is 27.7. The van der Waals surface area contributed by atoms with Crippen LogP contribution in [0.1, 0.15) is 32.8 Å². The first kappa shape index (κ1) is 12.1. The van der Waals surface area contributed by atoms with Gasteiger partial charge in [0.15, 0.2) is 0 Å². The molecule has 1 N–H and O–H groups in total. The van der Waals surface area contributed by atoms with E-state index in [1.807, 2.05) is 0 Å². The maximum Gasteiger partial charge on any atom is 0.0655 e. The number of hydrogen-bond donors (Lipinski definition) is 1. The molecule has 0 radical (unpaired) electrons. The van der Waals surface area contributed by atoms with Crippen LogP contribution in [0.2, 0.25) is 0 Å². The van der Waals surface area contributed by atoms with Crippen molar-refractivity contribution in [3.63, 3.8) is 0 Å². The molecule has 1 fully saturated rings. The van der Waals surface area contributed by atoms with E-state index in [9.17, 15) is 0 Å². The van der Waals surface area contributed by atoms with Crippen LogP contribution in [-0.4, -0.2) is 18.8 Å². The molecule has 0 aliphatic heterocycles. The maximum atomic E-state index is 5.72. The Morgan fingerprint density at radius 2 is 2.38 bits per heavy atom. The summed E-state index contributed by atoms with van der Waals surface area (Å²) in [6, 6.07) is 2.77. The Balaban J connectivity index is 1.80. The van der Waals surface area contributed by atoms with E-state index < -0.39 is 0 Å². The molecule has 0 aromatic carbocycles. The van der Waals surface area contributed by atoms with Gasteiger partial charge in [-0.25, -0.2) is 0 Å². The van der Waals surface area contributed by atoms with E-state index in [-0.39, 0.29) is 5.41 Å². The molecule has 0 amide bonds. The van der Waals surface area contributed by atoms with E-state index >= 15 is 0 Å². The first-order valence-corrected chi connectivity index (χ1v) is 6.95. The van der Waals surface area contributed by atoms with E-state index in [0.717, 1.165) is 19.6 Å². The summed E-state index contributed by atoms with van der Waals surface area (Å²) in [5.74, 6) is 0. The number of nitrogens with one attached hydrogen (secondary N) is 1. The fourth-order valence-electron chi connectivity index (χ4n) is 2.35. The second kappa shape index (κ2) is 4.86. The first-order chi connectivity index (χ1) is 7.64. The molecule has 2 rings (SSSR count). The molecular formula is C13H21NOS. The molecule has 1 aromatic heterocycles. The summed E-state index contributed by atoms with van der Waals surface area (Å²) < 4.78 is 5.72. The third kappa shape index (κ3) is 2.31. The molecule has 2 unspecified atom stereocenters. The Bertz CT molecular complexity index is 321. The SMILES string of the molecule is CCOC1CC(NCc2ccsc2)C1(C)C. The minimum absolute atomic E-state index is 0.270. The smallest absolute Gasteiger partial charge is 0.0655 e. The third-order valence-corrected chi connectivity index (χ3v) is 4.41. The van der Waals surface area contributed by atoms with Gasteiger partial charge in [-0.1, -0.05) is 13.8 Å². The number of ether oxygens (including phenoxy) is 1. The highest BCUT2D eigenvalue weighted by Crippen LogP contribution is 2.42. The summed E-state index contributed by atoms with van der Waals surface area (Å²) in [6.07, 6.45) is 1.57. The molecule has 1 aliphatic carbocycles. The van der Waals surface area contributed by atoms with E-state index in [4.69, 9.17) is 4.74 Å². The van der Waals surface area contributed by atoms with Gasteiger partial charge in [0.1, 0.15) is 0 Å². The van der Waals surface area contributed by atoms with Crippen LogP contribution in [0.4, 0.5) is 0 Å². The Hall–Kier alpha value is -0.380. The molecule has 1 heterocycles. The summed E-state index contributed by atoms with van der Waals surface area (Å²) in [6.45, 7) is 8.47. The van der Waals surface area contributed by atoms with E-state index in [2.05, 4.69) is 42.9 Å². The van der Waals surface area contributed by atoms with Gasteiger partial charge in [-0.3, -0.25) is 0 Å². The van der Waals surface area contributed by atoms with Crippen LogP contribution in [0, 0.1) is 5.41 Å². The van der Waals surface area contributed by atoms with Crippen molar-refractivity contribution in [2.45, 2.75) is 45.9 Å². The molecule has 0 saturated heterocycles. The quantitative estimate of drug-likeness (QED) is 0.852. The fraction of sp³-hybridized carbons (Fsp3) is 0.692. The molecule has 16 heavy (non-hydrogen) atoms. The van der Waals surface area contributed by atoms with Crippen LogP contribution in [0.5, 0.6) is 0 Å². The molecule has 0 spiro atoms. The molecule has 2 nitrogen and oxygen atoms in total. The minimum Gasteiger partial charge on any atom is -0.378 e. The molecule has 1 saturated carbocycles. The van der Waals surface area contributed by atoms with Crippen molar-refractivity contribution in [2.75, 3.05) is 6.61 Å². The highest BCUT2D eigenvalue weighted by molar-refractivity contribution is 7.07. The topological polar surface area (TPSA) is 21.3 Å². The van der Waals surface area contributed by atoms with Gasteiger partial charge in [0.2, 0.25) is 0 Å². The van der Waals surface area contributed by atoms with Gasteiger partial charge in [0, 0.05) is 24.6 Å². The van der Waals surface area contributed by atoms with Gasteiger partial charge < -0.3 is 10.1 Å². The Morgan fingerprint density at radius 3 is 2.94 bits per heavy atom. The number of hydrogen-bond acceptors (Lipinski definition) is 3. The van der Waals surface area contributed by atoms with Crippen molar-refractivity contribution in [3.05, 3.63) is 22.4 Å². The lowest BCUT2D eigenvalue weighted by Gasteiger charge is -2.52. The molecule has 1 aromatic rings. The monoisotopic (exact) mass is 239 g/mol. The van der Waals surface area contributed by atoms with Gasteiger partial charge in [-0.15, -0.1) is 0 Å². The largest absolute Gasteiger partial charge is 0.378 e. The van der Waals surface area contributed by atoms with Gasteiger partial charge in [-0.2, -0.15) is 11.3 Å². The lowest BCUT2D eigenvalue weighted by Crippen LogP contribution is -2.60. The number of rotatable bonds is 5. The first-order valence-electron chi connectivity index (χ1n) is 6.00. The van der Waals surface area contributed by atoms with E-state index in [1.54, 1.807) is 11.3 Å². The van der Waals surface area contributed by atoms with Crippen molar-refractivity contribution in [1.29, 1.82) is 0 Å². The molecule has 2 atom stereocenters. The van der Waals surface area contributed by atoms with Crippen LogP contribution in [0.25, 0.3) is 0 Å². The van der Waals surface area contributed by atoms with Crippen molar-refractivity contribution >= 4 is 11.3 Å². The van der Waals surface area contributed by atoms with Crippen LogP contribution >= 0.6 is 11.3 Å². The highest BCUT2D eigenvalue weighted by Gasteiger charge is 2.48.